The Kier molecular flexibility index (Phi) is 7.03. The van der Waals surface area contributed by atoms with E-state index in [1.807, 2.05) is 29.6 Å². The molecular formula is C27H27N3O3S. The predicted molar refractivity (Wildman–Crippen MR) is 133 cm³/mol. The van der Waals surface area contributed by atoms with Crippen molar-refractivity contribution in [3.63, 3.8) is 0 Å². The highest BCUT2D eigenvalue weighted by molar-refractivity contribution is 7.09. The highest BCUT2D eigenvalue weighted by Gasteiger charge is 2.32. The van der Waals surface area contributed by atoms with Crippen LogP contribution in [0.5, 0.6) is 5.75 Å². The zero-order valence-electron chi connectivity index (χ0n) is 19.7. The molecule has 1 unspecified atom stereocenters. The third-order valence-electron chi connectivity index (χ3n) is 6.29. The molecule has 1 atom stereocenters. The van der Waals surface area contributed by atoms with Crippen LogP contribution in [0.1, 0.15) is 47.4 Å². The summed E-state index contributed by atoms with van der Waals surface area (Å²) in [5, 5.41) is 11.1. The molecule has 7 heteroatoms. The van der Waals surface area contributed by atoms with Crippen molar-refractivity contribution in [3.05, 3.63) is 94.1 Å². The second kappa shape index (κ2) is 10.1. The SMILES string of the molecule is COC(=O)c1ccc(-c2ccc(C(C)(c3ccc(OCc4nccs4)cc3)C(C)C)cc2)nn1. The third kappa shape index (κ3) is 4.84. The Bertz CT molecular complexity index is 1220. The molecule has 2 heterocycles. The Labute approximate surface area is 203 Å². The summed E-state index contributed by atoms with van der Waals surface area (Å²) in [4.78, 5) is 15.9. The molecule has 0 spiro atoms. The summed E-state index contributed by atoms with van der Waals surface area (Å²) in [6.07, 6.45) is 1.79. The van der Waals surface area contributed by atoms with E-state index in [0.29, 0.717) is 18.2 Å². The Morgan fingerprint density at radius 3 is 2.18 bits per heavy atom. The molecule has 0 aliphatic heterocycles. The molecule has 6 nitrogen and oxygen atoms in total. The maximum atomic E-state index is 11.6. The van der Waals surface area contributed by atoms with E-state index in [2.05, 4.69) is 65.0 Å². The number of ether oxygens (including phenoxy) is 2. The third-order valence-corrected chi connectivity index (χ3v) is 7.05. The van der Waals surface area contributed by atoms with Gasteiger partial charge in [-0.1, -0.05) is 57.2 Å². The van der Waals surface area contributed by atoms with Gasteiger partial charge < -0.3 is 9.47 Å². The maximum Gasteiger partial charge on any atom is 0.358 e. The summed E-state index contributed by atoms with van der Waals surface area (Å²) in [7, 11) is 1.32. The van der Waals surface area contributed by atoms with Gasteiger partial charge in [0.2, 0.25) is 0 Å². The van der Waals surface area contributed by atoms with Gasteiger partial charge in [0.1, 0.15) is 17.4 Å². The number of benzene rings is 2. The predicted octanol–water partition coefficient (Wildman–Crippen LogP) is 5.93. The van der Waals surface area contributed by atoms with Gasteiger partial charge in [-0.3, -0.25) is 0 Å². The zero-order valence-corrected chi connectivity index (χ0v) is 20.5. The molecule has 4 aromatic rings. The first-order valence-corrected chi connectivity index (χ1v) is 11.9. The largest absolute Gasteiger partial charge is 0.486 e. The molecule has 34 heavy (non-hydrogen) atoms. The van der Waals surface area contributed by atoms with Gasteiger partial charge in [-0.05, 0) is 41.3 Å². The van der Waals surface area contributed by atoms with E-state index in [9.17, 15) is 4.79 Å². The zero-order chi connectivity index (χ0) is 24.1. The Hall–Kier alpha value is -3.58. The number of carbonyl (C=O) groups is 1. The van der Waals surface area contributed by atoms with E-state index in [1.165, 1.54) is 18.2 Å². The molecule has 4 rings (SSSR count). The lowest BCUT2D eigenvalue weighted by Gasteiger charge is -2.35. The standard InChI is InChI=1S/C27H27N3O3S/c1-18(2)27(3,21-9-11-22(12-10-21)33-17-25-28-15-16-34-25)20-7-5-19(6-8-20)23-13-14-24(30-29-23)26(31)32-4/h5-16,18H,17H2,1-4H3. The lowest BCUT2D eigenvalue weighted by Crippen LogP contribution is -2.30. The van der Waals surface area contributed by atoms with Crippen molar-refractivity contribution in [2.75, 3.05) is 7.11 Å². The Balaban J connectivity index is 1.54. The first kappa shape index (κ1) is 23.6. The highest BCUT2D eigenvalue weighted by atomic mass is 32.1. The lowest BCUT2D eigenvalue weighted by molar-refractivity contribution is 0.0592. The van der Waals surface area contributed by atoms with Gasteiger partial charge in [-0.2, -0.15) is 0 Å². The van der Waals surface area contributed by atoms with E-state index in [0.717, 1.165) is 16.3 Å². The lowest BCUT2D eigenvalue weighted by atomic mass is 9.68. The van der Waals surface area contributed by atoms with Gasteiger partial charge in [0.25, 0.3) is 0 Å². The molecule has 0 aliphatic carbocycles. The van der Waals surface area contributed by atoms with Gasteiger partial charge in [0.05, 0.1) is 12.8 Å². The van der Waals surface area contributed by atoms with Crippen molar-refractivity contribution >= 4 is 17.3 Å². The molecular weight excluding hydrogens is 446 g/mol. The maximum absolute atomic E-state index is 11.6. The number of rotatable bonds is 8. The van der Waals surface area contributed by atoms with Gasteiger partial charge in [0.15, 0.2) is 5.69 Å². The van der Waals surface area contributed by atoms with E-state index < -0.39 is 5.97 Å². The van der Waals surface area contributed by atoms with Gasteiger partial charge in [0, 0.05) is 22.6 Å². The van der Waals surface area contributed by atoms with Crippen molar-refractivity contribution < 1.29 is 14.3 Å². The molecule has 0 bridgehead atoms. The molecule has 0 saturated heterocycles. The molecule has 0 radical (unpaired) electrons. The van der Waals surface area contributed by atoms with Crippen LogP contribution in [0.2, 0.25) is 0 Å². The minimum absolute atomic E-state index is 0.188. The fourth-order valence-corrected chi connectivity index (χ4v) is 4.41. The Morgan fingerprint density at radius 1 is 0.971 bits per heavy atom. The van der Waals surface area contributed by atoms with Crippen molar-refractivity contribution in [2.24, 2.45) is 5.92 Å². The fraction of sp³-hybridized carbons (Fsp3) is 0.259. The number of hydrogen-bond acceptors (Lipinski definition) is 7. The number of carbonyl (C=O) groups excluding carboxylic acids is 1. The van der Waals surface area contributed by atoms with Gasteiger partial charge >= 0.3 is 5.97 Å². The molecule has 2 aromatic carbocycles. The number of methoxy groups -OCH3 is 1. The highest BCUT2D eigenvalue weighted by Crippen LogP contribution is 2.40. The molecule has 0 fully saturated rings. The normalized spacial score (nSPS) is 12.9. The monoisotopic (exact) mass is 473 g/mol. The quantitative estimate of drug-likeness (QED) is 0.295. The number of hydrogen-bond donors (Lipinski definition) is 0. The van der Waals surface area contributed by atoms with E-state index in [-0.39, 0.29) is 11.1 Å². The van der Waals surface area contributed by atoms with E-state index in [1.54, 1.807) is 29.7 Å². The smallest absolute Gasteiger partial charge is 0.358 e. The van der Waals surface area contributed by atoms with Crippen LogP contribution in [0.25, 0.3) is 11.3 Å². The van der Waals surface area contributed by atoms with Gasteiger partial charge in [-0.15, -0.1) is 21.5 Å². The van der Waals surface area contributed by atoms with Crippen LogP contribution < -0.4 is 4.74 Å². The molecule has 0 N–H and O–H groups in total. The second-order valence-corrected chi connectivity index (χ2v) is 9.45. The van der Waals surface area contributed by atoms with Crippen molar-refractivity contribution in [2.45, 2.75) is 32.8 Å². The van der Waals surface area contributed by atoms with Crippen molar-refractivity contribution in [1.82, 2.24) is 15.2 Å². The second-order valence-electron chi connectivity index (χ2n) is 8.47. The summed E-state index contributed by atoms with van der Waals surface area (Å²) >= 11 is 1.59. The Morgan fingerprint density at radius 2 is 1.65 bits per heavy atom. The summed E-state index contributed by atoms with van der Waals surface area (Å²) in [5.74, 6) is 0.690. The summed E-state index contributed by atoms with van der Waals surface area (Å²) in [6.45, 7) is 7.21. The molecule has 174 valence electrons. The topological polar surface area (TPSA) is 74.2 Å². The van der Waals surface area contributed by atoms with E-state index in [4.69, 9.17) is 4.74 Å². The minimum Gasteiger partial charge on any atom is -0.486 e. The average Bonchev–Trinajstić information content (AvgIpc) is 3.41. The van der Waals surface area contributed by atoms with Gasteiger partial charge in [-0.25, -0.2) is 9.78 Å². The van der Waals surface area contributed by atoms with Crippen LogP contribution in [0, 0.1) is 5.92 Å². The van der Waals surface area contributed by atoms with E-state index >= 15 is 0 Å². The molecule has 0 amide bonds. The number of nitrogens with zero attached hydrogens (tertiary/aromatic N) is 3. The van der Waals surface area contributed by atoms with Crippen LogP contribution in [0.15, 0.2) is 72.2 Å². The summed E-state index contributed by atoms with van der Waals surface area (Å²) in [6, 6.07) is 20.1. The fourth-order valence-electron chi connectivity index (χ4n) is 3.89. The van der Waals surface area contributed by atoms with Crippen LogP contribution in [-0.4, -0.2) is 28.3 Å². The molecule has 2 aromatic heterocycles. The van der Waals surface area contributed by atoms with Crippen molar-refractivity contribution in [3.8, 4) is 17.0 Å². The summed E-state index contributed by atoms with van der Waals surface area (Å²) < 4.78 is 10.6. The number of esters is 1. The van der Waals surface area contributed by atoms with Crippen LogP contribution in [0.4, 0.5) is 0 Å². The van der Waals surface area contributed by atoms with Crippen LogP contribution in [0.3, 0.4) is 0 Å². The summed E-state index contributed by atoms with van der Waals surface area (Å²) in [5.41, 5.74) is 4.07. The molecule has 0 saturated carbocycles. The number of thiazole rings is 1. The van der Waals surface area contributed by atoms with Crippen LogP contribution in [-0.2, 0) is 16.8 Å². The molecule has 0 aliphatic rings. The average molecular weight is 474 g/mol. The first-order valence-electron chi connectivity index (χ1n) is 11.1. The van der Waals surface area contributed by atoms with Crippen molar-refractivity contribution in [1.29, 1.82) is 0 Å². The number of aromatic nitrogens is 3. The first-order chi connectivity index (χ1) is 16.4. The minimum atomic E-state index is -0.498. The van der Waals surface area contributed by atoms with Crippen LogP contribution >= 0.6 is 11.3 Å².